The highest BCUT2D eigenvalue weighted by atomic mass is 16.5. The number of Topliss-reactive ketones (excluding diaryl/α,β-unsaturated/α-hetero) is 1. The summed E-state index contributed by atoms with van der Waals surface area (Å²) in [5.74, 6) is 1.42. The third-order valence-electron chi connectivity index (χ3n) is 6.27. The number of unbranched alkanes of at least 4 members (excludes halogenated alkanes) is 1. The van der Waals surface area contributed by atoms with Crippen molar-refractivity contribution in [3.63, 3.8) is 0 Å². The molecule has 24 heavy (non-hydrogen) atoms. The minimum Gasteiger partial charge on any atom is -0.497 e. The minimum atomic E-state index is -0.154. The van der Waals surface area contributed by atoms with E-state index in [0.29, 0.717) is 12.2 Å². The molecular weight excluding hydrogens is 296 g/mol. The van der Waals surface area contributed by atoms with E-state index in [9.17, 15) is 4.79 Å². The van der Waals surface area contributed by atoms with E-state index in [-0.39, 0.29) is 5.41 Å². The number of benzene rings is 1. The van der Waals surface area contributed by atoms with Gasteiger partial charge < -0.3 is 4.74 Å². The molecule has 0 saturated heterocycles. The highest BCUT2D eigenvalue weighted by molar-refractivity contribution is 5.97. The molecular formula is C22H26O2. The first-order valence-electron chi connectivity index (χ1n) is 9.33. The predicted octanol–water partition coefficient (Wildman–Crippen LogP) is 5.26. The Balaban J connectivity index is 1.77. The Hall–Kier alpha value is -1.83. The van der Waals surface area contributed by atoms with Crippen LogP contribution in [0.5, 0.6) is 5.75 Å². The summed E-state index contributed by atoms with van der Waals surface area (Å²) in [5.41, 5.74) is 7.01. The maximum atomic E-state index is 12.7. The van der Waals surface area contributed by atoms with E-state index in [1.807, 2.05) is 0 Å². The average molecular weight is 322 g/mol. The summed E-state index contributed by atoms with van der Waals surface area (Å²) in [4.78, 5) is 12.7. The highest BCUT2D eigenvalue weighted by Gasteiger charge is 2.48. The molecule has 2 nitrogen and oxygen atoms in total. The van der Waals surface area contributed by atoms with Gasteiger partial charge in [-0.15, -0.1) is 0 Å². The van der Waals surface area contributed by atoms with Crippen LogP contribution in [0.2, 0.25) is 0 Å². The fraction of sp³-hybridized carbons (Fsp3) is 0.500. The average Bonchev–Trinajstić information content (AvgIpc) is 2.96. The van der Waals surface area contributed by atoms with Crippen LogP contribution in [0.3, 0.4) is 0 Å². The number of aryl methyl sites for hydroxylation is 1. The molecule has 0 radical (unpaired) electrons. The van der Waals surface area contributed by atoms with E-state index in [1.165, 1.54) is 27.8 Å². The highest BCUT2D eigenvalue weighted by Crippen LogP contribution is 2.56. The van der Waals surface area contributed by atoms with E-state index < -0.39 is 0 Å². The molecule has 0 saturated carbocycles. The molecule has 0 fully saturated rings. The molecule has 0 amide bonds. The van der Waals surface area contributed by atoms with Crippen LogP contribution in [0.25, 0.3) is 5.57 Å². The van der Waals surface area contributed by atoms with Gasteiger partial charge in [0.15, 0.2) is 0 Å². The first kappa shape index (κ1) is 15.7. The maximum absolute atomic E-state index is 12.7. The summed E-state index contributed by atoms with van der Waals surface area (Å²) in [7, 11) is 1.73. The molecule has 0 aliphatic heterocycles. The molecule has 0 bridgehead atoms. The second-order valence-corrected chi connectivity index (χ2v) is 7.41. The lowest BCUT2D eigenvalue weighted by atomic mass is 9.62. The lowest BCUT2D eigenvalue weighted by Crippen LogP contribution is -2.33. The molecule has 0 aromatic heterocycles. The standard InChI is InChI=1S/C22H26O2/c1-3-4-12-22-13-11-18-17-8-6-16(24-2)14-15(17)5-7-19(18)20(22)9-10-21(22)23/h6,8-9,14H,3-5,7,10-13H2,1-2H3/t22-/m0/s1. The smallest absolute Gasteiger partial charge is 0.147 e. The van der Waals surface area contributed by atoms with Crippen LogP contribution in [0.15, 0.2) is 35.4 Å². The van der Waals surface area contributed by atoms with E-state index in [4.69, 9.17) is 4.74 Å². The summed E-state index contributed by atoms with van der Waals surface area (Å²) in [6, 6.07) is 6.48. The normalized spacial score (nSPS) is 25.1. The molecule has 2 heteroatoms. The number of hydrogen-bond acceptors (Lipinski definition) is 2. The monoisotopic (exact) mass is 322 g/mol. The molecule has 0 unspecified atom stereocenters. The van der Waals surface area contributed by atoms with Gasteiger partial charge in [0.1, 0.15) is 11.5 Å². The van der Waals surface area contributed by atoms with Crippen LogP contribution >= 0.6 is 0 Å². The first-order valence-corrected chi connectivity index (χ1v) is 9.33. The number of hydrogen-bond donors (Lipinski definition) is 0. The number of ketones is 1. The van der Waals surface area contributed by atoms with Crippen molar-refractivity contribution in [3.8, 4) is 5.75 Å². The van der Waals surface area contributed by atoms with Crippen LogP contribution in [0.1, 0.15) is 63.0 Å². The van der Waals surface area contributed by atoms with Crippen molar-refractivity contribution in [3.05, 3.63) is 46.5 Å². The molecule has 1 aromatic carbocycles. The second kappa shape index (κ2) is 5.91. The lowest BCUT2D eigenvalue weighted by Gasteiger charge is -2.40. The number of fused-ring (bicyclic) bond motifs is 4. The molecule has 0 N–H and O–H groups in total. The van der Waals surface area contributed by atoms with Gasteiger partial charge in [-0.3, -0.25) is 4.79 Å². The van der Waals surface area contributed by atoms with Gasteiger partial charge in [0.05, 0.1) is 12.5 Å². The van der Waals surface area contributed by atoms with E-state index in [1.54, 1.807) is 7.11 Å². The van der Waals surface area contributed by atoms with Gasteiger partial charge in [-0.2, -0.15) is 0 Å². The fourth-order valence-electron chi connectivity index (χ4n) is 4.99. The molecule has 0 spiro atoms. The number of rotatable bonds is 4. The van der Waals surface area contributed by atoms with Crippen molar-refractivity contribution in [2.75, 3.05) is 7.11 Å². The van der Waals surface area contributed by atoms with Gasteiger partial charge in [-0.25, -0.2) is 0 Å². The van der Waals surface area contributed by atoms with Gasteiger partial charge in [-0.05, 0) is 72.1 Å². The molecule has 0 heterocycles. The number of methoxy groups -OCH3 is 1. The van der Waals surface area contributed by atoms with Crippen molar-refractivity contribution in [2.24, 2.45) is 5.41 Å². The number of ether oxygens (including phenoxy) is 1. The second-order valence-electron chi connectivity index (χ2n) is 7.41. The summed E-state index contributed by atoms with van der Waals surface area (Å²) in [6.45, 7) is 2.22. The van der Waals surface area contributed by atoms with Crippen LogP contribution in [-0.4, -0.2) is 12.9 Å². The van der Waals surface area contributed by atoms with E-state index in [2.05, 4.69) is 31.2 Å². The van der Waals surface area contributed by atoms with Crippen LogP contribution < -0.4 is 4.74 Å². The quantitative estimate of drug-likeness (QED) is 0.755. The van der Waals surface area contributed by atoms with Crippen LogP contribution in [-0.2, 0) is 11.2 Å². The molecule has 4 rings (SSSR count). The molecule has 3 aliphatic carbocycles. The number of carbonyl (C=O) groups excluding carboxylic acids is 1. The Morgan fingerprint density at radius 2 is 2.04 bits per heavy atom. The Labute approximate surface area is 144 Å². The van der Waals surface area contributed by atoms with Crippen molar-refractivity contribution in [1.29, 1.82) is 0 Å². The van der Waals surface area contributed by atoms with Crippen LogP contribution in [0, 0.1) is 5.41 Å². The third-order valence-corrected chi connectivity index (χ3v) is 6.27. The fourth-order valence-corrected chi connectivity index (χ4v) is 4.99. The Bertz CT molecular complexity index is 753. The number of carbonyl (C=O) groups is 1. The van der Waals surface area contributed by atoms with Crippen molar-refractivity contribution in [1.82, 2.24) is 0 Å². The summed E-state index contributed by atoms with van der Waals surface area (Å²) in [6.07, 6.45) is 10.4. The van der Waals surface area contributed by atoms with Gasteiger partial charge in [-0.1, -0.05) is 31.9 Å². The maximum Gasteiger partial charge on any atom is 0.147 e. The zero-order valence-electron chi connectivity index (χ0n) is 14.8. The predicted molar refractivity (Wildman–Crippen MR) is 97.1 cm³/mol. The Morgan fingerprint density at radius 3 is 2.83 bits per heavy atom. The van der Waals surface area contributed by atoms with Gasteiger partial charge in [0.2, 0.25) is 0 Å². The first-order chi connectivity index (χ1) is 11.7. The van der Waals surface area contributed by atoms with Crippen molar-refractivity contribution < 1.29 is 9.53 Å². The largest absolute Gasteiger partial charge is 0.497 e. The zero-order chi connectivity index (χ0) is 16.7. The molecule has 3 aliphatic rings. The van der Waals surface area contributed by atoms with Gasteiger partial charge in [0, 0.05) is 6.42 Å². The Kier molecular flexibility index (Phi) is 3.86. The topological polar surface area (TPSA) is 26.3 Å². The minimum absolute atomic E-state index is 0.154. The van der Waals surface area contributed by atoms with E-state index >= 15 is 0 Å². The summed E-state index contributed by atoms with van der Waals surface area (Å²) in [5, 5.41) is 0. The molecule has 126 valence electrons. The van der Waals surface area contributed by atoms with Crippen molar-refractivity contribution in [2.45, 2.75) is 58.3 Å². The van der Waals surface area contributed by atoms with Gasteiger partial charge >= 0.3 is 0 Å². The lowest BCUT2D eigenvalue weighted by molar-refractivity contribution is -0.125. The van der Waals surface area contributed by atoms with Gasteiger partial charge in [0.25, 0.3) is 0 Å². The third kappa shape index (κ3) is 2.19. The van der Waals surface area contributed by atoms with Crippen molar-refractivity contribution >= 4 is 11.4 Å². The summed E-state index contributed by atoms with van der Waals surface area (Å²) < 4.78 is 5.39. The molecule has 1 atom stereocenters. The zero-order valence-corrected chi connectivity index (χ0v) is 14.8. The van der Waals surface area contributed by atoms with Crippen LogP contribution in [0.4, 0.5) is 0 Å². The van der Waals surface area contributed by atoms with E-state index in [0.717, 1.165) is 50.7 Å². The summed E-state index contributed by atoms with van der Waals surface area (Å²) >= 11 is 0. The Morgan fingerprint density at radius 1 is 1.17 bits per heavy atom. The molecule has 1 aromatic rings. The number of allylic oxidation sites excluding steroid dienone is 4. The SMILES string of the molecule is CCCC[C@]12CCC3=C(CCc4cc(OC)ccc43)C1=CCC2=O.